The van der Waals surface area contributed by atoms with Gasteiger partial charge in [-0.3, -0.25) is 14.5 Å². The van der Waals surface area contributed by atoms with Crippen LogP contribution < -0.4 is 4.90 Å². The van der Waals surface area contributed by atoms with Crippen molar-refractivity contribution < 1.29 is 4.79 Å². The Morgan fingerprint density at radius 2 is 1.82 bits per heavy atom. The number of anilines is 1. The summed E-state index contributed by atoms with van der Waals surface area (Å²) < 4.78 is 1.80. The molecule has 0 bridgehead atoms. The second-order valence-electron chi connectivity index (χ2n) is 9.32. The molecule has 1 saturated heterocycles. The van der Waals surface area contributed by atoms with Crippen LogP contribution >= 0.6 is 0 Å². The minimum Gasteiger partial charge on any atom is -0.356 e. The third kappa shape index (κ3) is 4.70. The number of ketones is 1. The number of aromatic nitrogens is 4. The summed E-state index contributed by atoms with van der Waals surface area (Å²) in [4.78, 5) is 26.8. The predicted octanol–water partition coefficient (Wildman–Crippen LogP) is 3.99. The normalized spacial score (nSPS) is 14.8. The van der Waals surface area contributed by atoms with Gasteiger partial charge in [0.2, 0.25) is 0 Å². The van der Waals surface area contributed by atoms with Gasteiger partial charge >= 0.3 is 0 Å². The summed E-state index contributed by atoms with van der Waals surface area (Å²) in [6.45, 7) is 1.91. The molecule has 0 amide bonds. The zero-order valence-corrected chi connectivity index (χ0v) is 20.0. The van der Waals surface area contributed by atoms with E-state index in [1.807, 2.05) is 37.8 Å². The Morgan fingerprint density at radius 3 is 2.56 bits per heavy atom. The molecule has 174 valence electrons. The third-order valence-electron chi connectivity index (χ3n) is 6.74. The number of fused-ring (bicyclic) bond motifs is 1. The number of carbonyl (C=O) groups is 1. The molecule has 0 atom stereocenters. The molecule has 1 aliphatic rings. The van der Waals surface area contributed by atoms with Gasteiger partial charge in [0.05, 0.1) is 12.6 Å². The molecule has 0 saturated carbocycles. The molecule has 5 rings (SSSR count). The fraction of sp³-hybridized carbons (Fsp3) is 0.333. The van der Waals surface area contributed by atoms with E-state index in [9.17, 15) is 4.79 Å². The summed E-state index contributed by atoms with van der Waals surface area (Å²) in [5.74, 6) is 0.942. The standard InChI is InChI=1S/C27H30N6O/c1-31(2)25-7-10-33(11-8-25)27-14-20(6-9-28-27)26(34)15-24-13-22-12-19(4-5-21(22)16-29-24)23-17-30-32(3)18-23/h4-6,9,12-14,16-18,25H,7-8,10-11,15H2,1-3H3. The van der Waals surface area contributed by atoms with Gasteiger partial charge in [0.1, 0.15) is 5.82 Å². The van der Waals surface area contributed by atoms with Crippen molar-refractivity contribution in [2.24, 2.45) is 7.05 Å². The van der Waals surface area contributed by atoms with Gasteiger partial charge in [0.15, 0.2) is 5.78 Å². The minimum atomic E-state index is 0.0575. The molecule has 3 aromatic heterocycles. The van der Waals surface area contributed by atoms with Crippen LogP contribution in [-0.4, -0.2) is 63.7 Å². The first kappa shape index (κ1) is 22.2. The van der Waals surface area contributed by atoms with E-state index in [-0.39, 0.29) is 12.2 Å². The molecule has 34 heavy (non-hydrogen) atoms. The number of hydrogen-bond donors (Lipinski definition) is 0. The summed E-state index contributed by atoms with van der Waals surface area (Å²) in [7, 11) is 6.19. The lowest BCUT2D eigenvalue weighted by molar-refractivity contribution is 0.0992. The number of nitrogens with zero attached hydrogens (tertiary/aromatic N) is 6. The highest BCUT2D eigenvalue weighted by atomic mass is 16.1. The van der Waals surface area contributed by atoms with Crippen LogP contribution in [0.1, 0.15) is 28.9 Å². The second kappa shape index (κ2) is 9.35. The molecule has 0 N–H and O–H groups in total. The number of hydrogen-bond acceptors (Lipinski definition) is 6. The van der Waals surface area contributed by atoms with Gasteiger partial charge in [-0.15, -0.1) is 0 Å². The lowest BCUT2D eigenvalue weighted by Crippen LogP contribution is -2.42. The Labute approximate surface area is 200 Å². The van der Waals surface area contributed by atoms with Crippen molar-refractivity contribution in [1.82, 2.24) is 24.6 Å². The highest BCUT2D eigenvalue weighted by Gasteiger charge is 2.22. The average molecular weight is 455 g/mol. The largest absolute Gasteiger partial charge is 0.356 e. The van der Waals surface area contributed by atoms with Crippen molar-refractivity contribution >= 4 is 22.4 Å². The molecule has 1 aliphatic heterocycles. The summed E-state index contributed by atoms with van der Waals surface area (Å²) in [6, 6.07) is 12.6. The zero-order valence-electron chi connectivity index (χ0n) is 20.0. The number of Topliss-reactive ketones (excluding diaryl/α,β-unsaturated/α-hetero) is 1. The SMILES string of the molecule is CN(C)C1CCN(c2cc(C(=O)Cc3cc4cc(-c5cnn(C)c5)ccc4cn3)ccn2)CC1. The molecule has 1 fully saturated rings. The van der Waals surface area contributed by atoms with E-state index in [1.54, 1.807) is 16.9 Å². The molecule has 7 nitrogen and oxygen atoms in total. The van der Waals surface area contributed by atoms with Crippen LogP contribution in [0.25, 0.3) is 21.9 Å². The zero-order chi connectivity index (χ0) is 23.7. The van der Waals surface area contributed by atoms with Crippen molar-refractivity contribution in [3.05, 3.63) is 72.4 Å². The molecular weight excluding hydrogens is 424 g/mol. The van der Waals surface area contributed by atoms with E-state index in [0.29, 0.717) is 11.6 Å². The molecule has 0 unspecified atom stereocenters. The first-order chi connectivity index (χ1) is 16.5. The van der Waals surface area contributed by atoms with Gasteiger partial charge in [0, 0.05) is 67.0 Å². The number of rotatable bonds is 6. The van der Waals surface area contributed by atoms with Crippen molar-refractivity contribution in [2.45, 2.75) is 25.3 Å². The van der Waals surface area contributed by atoms with Crippen LogP contribution in [-0.2, 0) is 13.5 Å². The highest BCUT2D eigenvalue weighted by Crippen LogP contribution is 2.25. The minimum absolute atomic E-state index is 0.0575. The molecule has 4 aromatic rings. The lowest BCUT2D eigenvalue weighted by Gasteiger charge is -2.35. The average Bonchev–Trinajstić information content (AvgIpc) is 3.30. The Morgan fingerprint density at radius 1 is 1.00 bits per heavy atom. The lowest BCUT2D eigenvalue weighted by atomic mass is 10.0. The molecule has 0 spiro atoms. The maximum absolute atomic E-state index is 13.1. The van der Waals surface area contributed by atoms with Crippen LogP contribution in [0.5, 0.6) is 0 Å². The Hall–Kier alpha value is -3.58. The number of benzene rings is 1. The van der Waals surface area contributed by atoms with Gasteiger partial charge in [-0.25, -0.2) is 4.98 Å². The van der Waals surface area contributed by atoms with Crippen molar-refractivity contribution in [2.75, 3.05) is 32.1 Å². The second-order valence-corrected chi connectivity index (χ2v) is 9.32. The fourth-order valence-electron chi connectivity index (χ4n) is 4.68. The molecule has 4 heterocycles. The number of carbonyl (C=O) groups excluding carboxylic acids is 1. The van der Waals surface area contributed by atoms with Crippen molar-refractivity contribution in [1.29, 1.82) is 0 Å². The van der Waals surface area contributed by atoms with Crippen LogP contribution in [0, 0.1) is 0 Å². The maximum atomic E-state index is 13.1. The molecule has 7 heteroatoms. The van der Waals surface area contributed by atoms with E-state index in [2.05, 4.69) is 57.2 Å². The molecule has 0 radical (unpaired) electrons. The van der Waals surface area contributed by atoms with E-state index in [0.717, 1.165) is 59.3 Å². The molecular formula is C27H30N6O. The smallest absolute Gasteiger partial charge is 0.169 e. The number of piperidine rings is 1. The van der Waals surface area contributed by atoms with Crippen LogP contribution in [0.2, 0.25) is 0 Å². The van der Waals surface area contributed by atoms with Gasteiger partial charge < -0.3 is 9.80 Å². The highest BCUT2D eigenvalue weighted by molar-refractivity contribution is 5.98. The Kier molecular flexibility index (Phi) is 6.11. The van der Waals surface area contributed by atoms with Gasteiger partial charge in [-0.05, 0) is 62.2 Å². The van der Waals surface area contributed by atoms with E-state index >= 15 is 0 Å². The van der Waals surface area contributed by atoms with E-state index in [1.165, 1.54) is 0 Å². The summed E-state index contributed by atoms with van der Waals surface area (Å²) >= 11 is 0. The predicted molar refractivity (Wildman–Crippen MR) is 135 cm³/mol. The van der Waals surface area contributed by atoms with Crippen LogP contribution in [0.15, 0.2) is 61.2 Å². The molecule has 0 aliphatic carbocycles. The fourth-order valence-corrected chi connectivity index (χ4v) is 4.68. The Bertz CT molecular complexity index is 1320. The monoisotopic (exact) mass is 454 g/mol. The summed E-state index contributed by atoms with van der Waals surface area (Å²) in [5, 5.41) is 6.38. The van der Waals surface area contributed by atoms with E-state index < -0.39 is 0 Å². The van der Waals surface area contributed by atoms with Crippen molar-refractivity contribution in [3.63, 3.8) is 0 Å². The summed E-state index contributed by atoms with van der Waals surface area (Å²) in [5.41, 5.74) is 3.62. The topological polar surface area (TPSA) is 67.2 Å². The maximum Gasteiger partial charge on any atom is 0.169 e. The molecule has 1 aromatic carbocycles. The van der Waals surface area contributed by atoms with E-state index in [4.69, 9.17) is 0 Å². The van der Waals surface area contributed by atoms with Gasteiger partial charge in [0.25, 0.3) is 0 Å². The quantitative estimate of drug-likeness (QED) is 0.411. The Balaban J connectivity index is 1.32. The number of aryl methyl sites for hydroxylation is 1. The third-order valence-corrected chi connectivity index (χ3v) is 6.74. The van der Waals surface area contributed by atoms with Gasteiger partial charge in [-0.1, -0.05) is 12.1 Å². The number of pyridine rings is 2. The van der Waals surface area contributed by atoms with Crippen LogP contribution in [0.3, 0.4) is 0 Å². The van der Waals surface area contributed by atoms with Crippen LogP contribution in [0.4, 0.5) is 5.82 Å². The van der Waals surface area contributed by atoms with Gasteiger partial charge in [-0.2, -0.15) is 5.10 Å². The first-order valence-electron chi connectivity index (χ1n) is 11.7. The first-order valence-corrected chi connectivity index (χ1v) is 11.7. The van der Waals surface area contributed by atoms with Crippen molar-refractivity contribution in [3.8, 4) is 11.1 Å². The summed E-state index contributed by atoms with van der Waals surface area (Å²) in [6.07, 6.45) is 9.92.